The van der Waals surface area contributed by atoms with Gasteiger partial charge < -0.3 is 19.7 Å². The van der Waals surface area contributed by atoms with Crippen molar-refractivity contribution < 1.29 is 9.84 Å². The molecule has 5 aliphatic heterocycles. The highest BCUT2D eigenvalue weighted by molar-refractivity contribution is 6.09. The maximum atomic E-state index is 13.2. The first kappa shape index (κ1) is 25.9. The van der Waals surface area contributed by atoms with Gasteiger partial charge >= 0.3 is 0 Å². The number of nitrogens with one attached hydrogen (secondary N) is 1. The van der Waals surface area contributed by atoms with Gasteiger partial charge in [-0.05, 0) is 113 Å². The monoisotopic (exact) mass is 564 g/mol. The Morgan fingerprint density at radius 1 is 0.929 bits per heavy atom. The summed E-state index contributed by atoms with van der Waals surface area (Å²) in [6, 6.07) is 10.8. The van der Waals surface area contributed by atoms with Crippen molar-refractivity contribution in [2.75, 3.05) is 26.2 Å². The molecule has 220 valence electrons. The van der Waals surface area contributed by atoms with Gasteiger partial charge in [0.05, 0.1) is 29.0 Å². The minimum absolute atomic E-state index is 0.0643. The van der Waals surface area contributed by atoms with E-state index in [9.17, 15) is 5.11 Å². The van der Waals surface area contributed by atoms with E-state index in [1.54, 1.807) is 0 Å². The van der Waals surface area contributed by atoms with Crippen LogP contribution in [0.4, 0.5) is 0 Å². The van der Waals surface area contributed by atoms with E-state index in [-0.39, 0.29) is 17.2 Å². The molecule has 0 saturated carbocycles. The third-order valence-corrected chi connectivity index (χ3v) is 12.0. The Morgan fingerprint density at radius 3 is 2.83 bits per heavy atom. The van der Waals surface area contributed by atoms with Crippen LogP contribution < -0.4 is 0 Å². The first-order valence-electron chi connectivity index (χ1n) is 16.7. The minimum Gasteiger partial charge on any atom is -0.384 e. The molecular formula is C36H44N4O2. The van der Waals surface area contributed by atoms with Gasteiger partial charge in [0.15, 0.2) is 0 Å². The van der Waals surface area contributed by atoms with Gasteiger partial charge in [-0.2, -0.15) is 0 Å². The molecule has 4 fully saturated rings. The summed E-state index contributed by atoms with van der Waals surface area (Å²) in [4.78, 5) is 14.3. The van der Waals surface area contributed by atoms with Crippen molar-refractivity contribution in [1.29, 1.82) is 0 Å². The molecule has 5 bridgehead atoms. The first-order valence-corrected chi connectivity index (χ1v) is 16.7. The predicted octanol–water partition coefficient (Wildman–Crippen LogP) is 6.42. The fourth-order valence-corrected chi connectivity index (χ4v) is 10.6. The second kappa shape index (κ2) is 9.49. The second-order valence-corrected chi connectivity index (χ2v) is 14.3. The number of hydrogen-bond donors (Lipinski definition) is 2. The maximum Gasteiger partial charge on any atom is 0.123 e. The van der Waals surface area contributed by atoms with Crippen LogP contribution in [0.15, 0.2) is 54.8 Å². The lowest BCUT2D eigenvalue weighted by Gasteiger charge is -2.58. The number of H-pyrrole nitrogens is 1. The van der Waals surface area contributed by atoms with Crippen molar-refractivity contribution in [3.63, 3.8) is 0 Å². The average Bonchev–Trinajstić information content (AvgIpc) is 3.61. The van der Waals surface area contributed by atoms with Gasteiger partial charge in [-0.3, -0.25) is 9.88 Å². The van der Waals surface area contributed by atoms with Crippen molar-refractivity contribution in [1.82, 2.24) is 19.8 Å². The molecule has 0 amide bonds. The Balaban J connectivity index is 1.27. The maximum absolute atomic E-state index is 13.2. The summed E-state index contributed by atoms with van der Waals surface area (Å²) >= 11 is 0. The molecule has 1 aliphatic carbocycles. The van der Waals surface area contributed by atoms with E-state index in [0.717, 1.165) is 101 Å². The summed E-state index contributed by atoms with van der Waals surface area (Å²) in [6.45, 7) is 4.35. The zero-order valence-electron chi connectivity index (χ0n) is 24.7. The third kappa shape index (κ3) is 3.68. The van der Waals surface area contributed by atoms with E-state index in [4.69, 9.17) is 9.72 Å². The molecule has 42 heavy (non-hydrogen) atoms. The summed E-state index contributed by atoms with van der Waals surface area (Å²) in [5.74, 6) is 0.341. The summed E-state index contributed by atoms with van der Waals surface area (Å²) in [6.07, 6.45) is 21.3. The normalized spacial score (nSPS) is 40.9. The van der Waals surface area contributed by atoms with Gasteiger partial charge in [0, 0.05) is 41.0 Å². The quantitative estimate of drug-likeness (QED) is 0.334. The van der Waals surface area contributed by atoms with Crippen molar-refractivity contribution in [2.24, 2.45) is 11.3 Å². The fourth-order valence-electron chi connectivity index (χ4n) is 10.6. The highest BCUT2D eigenvalue weighted by Gasteiger charge is 2.71. The van der Waals surface area contributed by atoms with Crippen LogP contribution in [0.5, 0.6) is 0 Å². The summed E-state index contributed by atoms with van der Waals surface area (Å²) in [7, 11) is 0. The lowest BCUT2D eigenvalue weighted by atomic mass is 9.54. The zero-order valence-corrected chi connectivity index (χ0v) is 24.7. The smallest absolute Gasteiger partial charge is 0.123 e. The van der Waals surface area contributed by atoms with E-state index in [0.29, 0.717) is 12.0 Å². The largest absolute Gasteiger partial charge is 0.384 e. The number of rotatable bonds is 1. The molecule has 9 rings (SSSR count). The molecule has 6 aliphatic rings. The molecule has 2 N–H and O–H groups in total. The van der Waals surface area contributed by atoms with Crippen LogP contribution >= 0.6 is 0 Å². The Bertz CT molecular complexity index is 1590. The molecular weight excluding hydrogens is 520 g/mol. The van der Waals surface area contributed by atoms with E-state index in [1.165, 1.54) is 29.2 Å². The van der Waals surface area contributed by atoms with Gasteiger partial charge in [0.2, 0.25) is 0 Å². The Kier molecular flexibility index (Phi) is 5.86. The SMILES string of the molecule is OC12C=C(c3nccc4c3[nH]c3ccccc34)C3CCN(CCCC/C=C\CC1)CC31CC34CCC(CCCN3C21)O4. The predicted molar refractivity (Wildman–Crippen MR) is 167 cm³/mol. The fraction of sp³-hybridized carbons (Fsp3) is 0.583. The molecule has 6 heteroatoms. The standard InChI is InChI=1S/C36H44N4O2/c41-35-16-7-3-1-2-4-8-19-39-21-15-29(34(24-39)23-36-17-13-25(42-36)10-9-20-40(36)33(34)35)28(22-35)31-32-27(14-18-37-31)26-11-5-6-12-30(26)38-32/h1,3,5-6,11-12,14,18,22,25,29,33,38,41H,2,4,7-10,13,15-17,19-21,23-24H2/b3-1-. The number of aliphatic hydroxyl groups is 1. The number of allylic oxidation sites excluding steroid dienone is 3. The van der Waals surface area contributed by atoms with Crippen LogP contribution in [0.1, 0.15) is 76.3 Å². The number of aromatic amines is 1. The van der Waals surface area contributed by atoms with Crippen LogP contribution in [-0.4, -0.2) is 74.5 Å². The van der Waals surface area contributed by atoms with E-state index >= 15 is 0 Å². The van der Waals surface area contributed by atoms with Crippen LogP contribution in [0, 0.1) is 11.3 Å². The zero-order chi connectivity index (χ0) is 27.9. The van der Waals surface area contributed by atoms with Crippen molar-refractivity contribution >= 4 is 27.4 Å². The van der Waals surface area contributed by atoms with Gasteiger partial charge in [-0.15, -0.1) is 0 Å². The van der Waals surface area contributed by atoms with Gasteiger partial charge in [0.25, 0.3) is 0 Å². The molecule has 3 aromatic rings. The molecule has 6 nitrogen and oxygen atoms in total. The number of piperidine rings is 1. The number of nitrogens with zero attached hydrogens (tertiary/aromatic N) is 3. The van der Waals surface area contributed by atoms with E-state index < -0.39 is 5.60 Å². The Morgan fingerprint density at radius 2 is 1.86 bits per heavy atom. The number of pyridine rings is 1. The van der Waals surface area contributed by atoms with E-state index in [2.05, 4.69) is 63.3 Å². The van der Waals surface area contributed by atoms with Crippen molar-refractivity contribution in [3.8, 4) is 0 Å². The minimum atomic E-state index is -0.946. The Hall–Kier alpha value is -2.51. The Labute approximate surface area is 248 Å². The van der Waals surface area contributed by atoms with Crippen LogP contribution in [0.3, 0.4) is 0 Å². The van der Waals surface area contributed by atoms with Gasteiger partial charge in [-0.25, -0.2) is 0 Å². The third-order valence-electron chi connectivity index (χ3n) is 12.0. The summed E-state index contributed by atoms with van der Waals surface area (Å²) in [5, 5.41) is 15.7. The molecule has 7 atom stereocenters. The molecule has 7 heterocycles. The number of ether oxygens (including phenoxy) is 1. The van der Waals surface area contributed by atoms with Crippen molar-refractivity contribution in [3.05, 3.63) is 60.5 Å². The number of benzene rings is 1. The summed E-state index contributed by atoms with van der Waals surface area (Å²) < 4.78 is 7.08. The molecule has 2 aromatic heterocycles. The number of hydrogen-bond acceptors (Lipinski definition) is 5. The van der Waals surface area contributed by atoms with Crippen LogP contribution in [-0.2, 0) is 4.74 Å². The van der Waals surface area contributed by atoms with Gasteiger partial charge in [0.1, 0.15) is 5.72 Å². The van der Waals surface area contributed by atoms with Crippen LogP contribution in [0.25, 0.3) is 27.4 Å². The number of para-hydroxylation sites is 1. The lowest BCUT2D eigenvalue weighted by molar-refractivity contribution is -0.145. The number of aromatic nitrogens is 2. The molecule has 0 radical (unpaired) electrons. The van der Waals surface area contributed by atoms with Gasteiger partial charge in [-0.1, -0.05) is 30.4 Å². The summed E-state index contributed by atoms with van der Waals surface area (Å²) in [5.41, 5.74) is 3.32. The average molecular weight is 565 g/mol. The highest BCUT2D eigenvalue weighted by atomic mass is 16.5. The molecule has 4 saturated heterocycles. The molecule has 7 unspecified atom stereocenters. The van der Waals surface area contributed by atoms with Crippen LogP contribution in [0.2, 0.25) is 0 Å². The first-order chi connectivity index (χ1) is 20.6. The molecule has 2 spiro atoms. The lowest BCUT2D eigenvalue weighted by Crippen LogP contribution is -2.66. The van der Waals surface area contributed by atoms with Crippen molar-refractivity contribution in [2.45, 2.75) is 94.1 Å². The second-order valence-electron chi connectivity index (χ2n) is 14.3. The topological polar surface area (TPSA) is 64.6 Å². The molecule has 1 aromatic carbocycles. The van der Waals surface area contributed by atoms with E-state index in [1.807, 2.05) is 6.20 Å². The highest BCUT2D eigenvalue weighted by Crippen LogP contribution is 2.66. The number of fused-ring (bicyclic) bond motifs is 5.